The van der Waals surface area contributed by atoms with Crippen LogP contribution in [0.15, 0.2) is 54.6 Å². The molecular weight excluding hydrogens is 1260 g/mol. The van der Waals surface area contributed by atoms with E-state index in [4.69, 9.17) is 39.1 Å². The molecular formula is C65H107N17O15. The number of aromatic hydroxyl groups is 1. The van der Waals surface area contributed by atoms with Crippen molar-refractivity contribution in [1.82, 2.24) is 58.5 Å². The molecule has 25 N–H and O–H groups in total. The van der Waals surface area contributed by atoms with Crippen molar-refractivity contribution in [2.45, 2.75) is 210 Å². The Balaban J connectivity index is 2.16. The molecule has 2 aromatic rings. The zero-order valence-corrected chi connectivity index (χ0v) is 56.7. The second-order valence-electron chi connectivity index (χ2n) is 24.9. The normalized spacial score (nSPS) is 21.8. The molecule has 2 aromatic carbocycles. The fourth-order valence-electron chi connectivity index (χ4n) is 10.4. The predicted molar refractivity (Wildman–Crippen MR) is 360 cm³/mol. The number of ether oxygens (including phenoxy) is 1. The molecule has 0 radical (unpaired) electrons. The van der Waals surface area contributed by atoms with Crippen LogP contribution in [0.1, 0.15) is 130 Å². The molecule has 0 unspecified atom stereocenters. The van der Waals surface area contributed by atoms with E-state index in [-0.39, 0.29) is 102 Å². The number of nitrogens with two attached hydrogens (primary N) is 6. The summed E-state index contributed by atoms with van der Waals surface area (Å²) in [6, 6.07) is -2.41. The summed E-state index contributed by atoms with van der Waals surface area (Å²) in [4.78, 5) is 171. The highest BCUT2D eigenvalue weighted by molar-refractivity contribution is 5.99. The highest BCUT2D eigenvalue weighted by Gasteiger charge is 2.39. The van der Waals surface area contributed by atoms with Gasteiger partial charge < -0.3 is 108 Å². The summed E-state index contributed by atoms with van der Waals surface area (Å²) in [6.07, 6.45) is -1.72. The molecule has 1 aliphatic heterocycles. The molecule has 0 spiro atoms. The molecule has 1 fully saturated rings. The number of aliphatic hydroxyl groups excluding tert-OH is 1. The first-order chi connectivity index (χ1) is 46.1. The van der Waals surface area contributed by atoms with E-state index in [9.17, 15) is 67.7 Å². The van der Waals surface area contributed by atoms with Crippen LogP contribution in [0.25, 0.3) is 0 Å². The lowest BCUT2D eigenvalue weighted by molar-refractivity contribution is -0.154. The van der Waals surface area contributed by atoms with Crippen molar-refractivity contribution >= 4 is 70.9 Å². The van der Waals surface area contributed by atoms with Crippen molar-refractivity contribution < 1.29 is 72.5 Å². The largest absolute Gasteiger partial charge is 0.508 e. The Kier molecular flexibility index (Phi) is 37.3. The second kappa shape index (κ2) is 43.7. The number of hydrogen-bond acceptors (Lipinski definition) is 21. The monoisotopic (exact) mass is 1370 g/mol. The van der Waals surface area contributed by atoms with Crippen LogP contribution in [0.5, 0.6) is 5.75 Å². The molecule has 1 aliphatic rings. The molecule has 11 amide bonds. The van der Waals surface area contributed by atoms with Gasteiger partial charge in [-0.25, -0.2) is 0 Å². The van der Waals surface area contributed by atoms with Gasteiger partial charge in [0, 0.05) is 19.4 Å². The highest BCUT2D eigenvalue weighted by Crippen LogP contribution is 2.16. The molecule has 0 bridgehead atoms. The molecule has 14 atom stereocenters. The topological polar surface area (TPSA) is 543 Å². The standard InChI is InChI=1S/C65H107N17O15/c1-7-37(4)13-11-12-16-52(85)73-44(21-27-66)59(90)82-54(39(6)97-65(96)43(71)34-41-17-19-42(84)20-18-41)64(95)78-47(24-30-69)56(87)77-49-26-32-72-63(94)53(38(5)83)81-60(91)48(25-31-70)75-55(86)45(22-28-67)76-61(92)50(33-36(2)3)79-62(93)51(35-40-14-9-8-10-15-40)80-57(88)46(23-29-68)74-58(49)89/h8-10,14-15,17-20,36-39,43-51,53-54,83-84H,7,11-13,16,21-35,66-71H2,1-6H3,(H,72,94)(H,73,85)(H,74,89)(H,75,86)(H,76,92)(H,77,87)(H,78,95)(H,79,93)(H,80,88)(H,81,91)(H,82,90)/t37-,38+,39+,43-,44-,45-,46-,47-,48-,49-,50-,51+,53-,54-/m0/s1. The summed E-state index contributed by atoms with van der Waals surface area (Å²) < 4.78 is 5.70. The molecule has 0 aromatic heterocycles. The summed E-state index contributed by atoms with van der Waals surface area (Å²) in [7, 11) is 0. The van der Waals surface area contributed by atoms with Gasteiger partial charge in [0.1, 0.15) is 78.3 Å². The molecule has 0 saturated carbocycles. The van der Waals surface area contributed by atoms with Gasteiger partial charge in [0.05, 0.1) is 6.10 Å². The zero-order valence-electron chi connectivity index (χ0n) is 56.7. The van der Waals surface area contributed by atoms with Gasteiger partial charge >= 0.3 is 5.97 Å². The number of unbranched alkanes of at least 4 members (excludes halogenated alkanes) is 1. The number of phenolic OH excluding ortho intramolecular Hbond substituents is 1. The van der Waals surface area contributed by atoms with Gasteiger partial charge in [-0.3, -0.25) is 57.5 Å². The number of carbonyl (C=O) groups excluding carboxylic acids is 12. The van der Waals surface area contributed by atoms with Crippen LogP contribution in [0, 0.1) is 11.8 Å². The maximum Gasteiger partial charge on any atom is 0.323 e. The van der Waals surface area contributed by atoms with Crippen LogP contribution >= 0.6 is 0 Å². The number of esters is 1. The summed E-state index contributed by atoms with van der Waals surface area (Å²) in [6.45, 7) is 8.76. The van der Waals surface area contributed by atoms with Crippen LogP contribution in [0.4, 0.5) is 0 Å². The first-order valence-electron chi connectivity index (χ1n) is 33.4. The first-order valence-corrected chi connectivity index (χ1v) is 33.4. The number of phenols is 1. The Bertz CT molecular complexity index is 2870. The van der Waals surface area contributed by atoms with Crippen molar-refractivity contribution in [3.05, 3.63) is 65.7 Å². The minimum absolute atomic E-state index is 0.0244. The third-order valence-corrected chi connectivity index (χ3v) is 16.2. The van der Waals surface area contributed by atoms with E-state index in [1.54, 1.807) is 44.2 Å². The minimum atomic E-state index is -1.83. The molecule has 1 saturated heterocycles. The van der Waals surface area contributed by atoms with Crippen LogP contribution in [0.2, 0.25) is 0 Å². The van der Waals surface area contributed by atoms with Crippen molar-refractivity contribution in [1.29, 1.82) is 0 Å². The number of aliphatic hydroxyl groups is 1. The van der Waals surface area contributed by atoms with Crippen molar-refractivity contribution in [3.63, 3.8) is 0 Å². The van der Waals surface area contributed by atoms with Gasteiger partial charge in [-0.05, 0) is 139 Å². The molecule has 32 nitrogen and oxygen atoms in total. The molecule has 32 heteroatoms. The zero-order chi connectivity index (χ0) is 72.3. The van der Waals surface area contributed by atoms with Crippen LogP contribution in [-0.2, 0) is 75.1 Å². The molecule has 542 valence electrons. The smallest absolute Gasteiger partial charge is 0.323 e. The molecule has 3 rings (SSSR count). The van der Waals surface area contributed by atoms with Crippen LogP contribution in [-0.4, -0.2) is 199 Å². The highest BCUT2D eigenvalue weighted by atomic mass is 16.5. The lowest BCUT2D eigenvalue weighted by Gasteiger charge is -2.30. The van der Waals surface area contributed by atoms with E-state index in [2.05, 4.69) is 72.3 Å². The Morgan fingerprint density at radius 3 is 1.63 bits per heavy atom. The lowest BCUT2D eigenvalue weighted by Crippen LogP contribution is -2.62. The fourth-order valence-corrected chi connectivity index (χ4v) is 10.4. The van der Waals surface area contributed by atoms with E-state index in [1.165, 1.54) is 38.1 Å². The van der Waals surface area contributed by atoms with Crippen LogP contribution in [0.3, 0.4) is 0 Å². The lowest BCUT2D eigenvalue weighted by atomic mass is 10.00. The molecule has 97 heavy (non-hydrogen) atoms. The minimum Gasteiger partial charge on any atom is -0.508 e. The Hall–Kier alpha value is -8.40. The SMILES string of the molecule is CC[C@H](C)CCCCC(=O)N[C@@H](CCN)C(=O)N[C@H](C(=O)N[C@@H](CCN)C(=O)N[C@H]1CCNC(=O)[C@H]([C@@H](C)O)NC(=O)[C@H](CCN)NC(=O)[C@H](CCN)NC(=O)[C@H](CC(C)C)NC(=O)[C@@H](Cc2ccccc2)NC(=O)[C@H](CCN)NC1=O)[C@@H](C)OC(=O)[C@@H](N)Cc1ccc(O)cc1. The van der Waals surface area contributed by atoms with Gasteiger partial charge in [0.2, 0.25) is 65.0 Å². The summed E-state index contributed by atoms with van der Waals surface area (Å²) in [5.41, 5.74) is 37.1. The average Bonchev–Trinajstić information content (AvgIpc) is 1.09. The van der Waals surface area contributed by atoms with Gasteiger partial charge in [-0.2, -0.15) is 0 Å². The number of amides is 11. The van der Waals surface area contributed by atoms with E-state index >= 15 is 0 Å². The Morgan fingerprint density at radius 2 is 1.09 bits per heavy atom. The van der Waals surface area contributed by atoms with E-state index in [0.717, 1.165) is 19.3 Å². The van der Waals surface area contributed by atoms with Gasteiger partial charge in [-0.15, -0.1) is 0 Å². The summed E-state index contributed by atoms with van der Waals surface area (Å²) >= 11 is 0. The van der Waals surface area contributed by atoms with E-state index < -0.39 is 163 Å². The van der Waals surface area contributed by atoms with Gasteiger partial charge in [0.15, 0.2) is 0 Å². The van der Waals surface area contributed by atoms with E-state index in [1.807, 2.05) is 0 Å². The van der Waals surface area contributed by atoms with Gasteiger partial charge in [-0.1, -0.05) is 89.4 Å². The molecule has 1 heterocycles. The van der Waals surface area contributed by atoms with Crippen LogP contribution < -0.4 is 92.9 Å². The number of benzene rings is 2. The van der Waals surface area contributed by atoms with Crippen molar-refractivity contribution in [2.75, 3.05) is 39.3 Å². The quantitative estimate of drug-likeness (QED) is 0.0237. The van der Waals surface area contributed by atoms with E-state index in [0.29, 0.717) is 23.5 Å². The third-order valence-electron chi connectivity index (χ3n) is 16.2. The Labute approximate surface area is 567 Å². The van der Waals surface area contributed by atoms with Gasteiger partial charge in [0.25, 0.3) is 0 Å². The first kappa shape index (κ1) is 82.8. The fraction of sp³-hybridized carbons (Fsp3) is 0.631. The maximum absolute atomic E-state index is 14.8. The Morgan fingerprint density at radius 1 is 0.577 bits per heavy atom. The molecule has 0 aliphatic carbocycles. The van der Waals surface area contributed by atoms with Crippen molar-refractivity contribution in [2.24, 2.45) is 46.2 Å². The number of rotatable bonds is 33. The predicted octanol–water partition coefficient (Wildman–Crippen LogP) is -4.42. The number of carbonyl (C=O) groups is 12. The second-order valence-corrected chi connectivity index (χ2v) is 24.9. The summed E-state index contributed by atoms with van der Waals surface area (Å²) in [5, 5.41) is 49.0. The number of nitrogens with one attached hydrogen (secondary N) is 11. The van der Waals surface area contributed by atoms with Crippen molar-refractivity contribution in [3.8, 4) is 5.75 Å². The number of hydrogen-bond donors (Lipinski definition) is 19. The summed E-state index contributed by atoms with van der Waals surface area (Å²) in [5.74, 6) is -11.0. The average molecular weight is 1370 g/mol. The maximum atomic E-state index is 14.8. The third kappa shape index (κ3) is 29.5.